The Kier molecular flexibility index (Phi) is 14.6. The van der Waals surface area contributed by atoms with Crippen molar-refractivity contribution in [3.63, 3.8) is 0 Å². The lowest BCUT2D eigenvalue weighted by Crippen LogP contribution is -2.24. The summed E-state index contributed by atoms with van der Waals surface area (Å²) in [5.74, 6) is -1.91. The van der Waals surface area contributed by atoms with Crippen LogP contribution in [-0.4, -0.2) is 64.5 Å². The van der Waals surface area contributed by atoms with E-state index in [1.165, 1.54) is 26.8 Å². The zero-order valence-corrected chi connectivity index (χ0v) is 15.3. The van der Waals surface area contributed by atoms with Crippen molar-refractivity contribution in [2.75, 3.05) is 19.1 Å². The fraction of sp³-hybridized carbons (Fsp3) is 0.562. The first-order chi connectivity index (χ1) is 11.5. The van der Waals surface area contributed by atoms with Crippen LogP contribution in [-0.2, 0) is 23.9 Å². The maximum Gasteiger partial charge on any atom is 0.333 e. The number of carboxylic acid groups (broad SMARTS) is 1. The number of aliphatic carboxylic acids is 1. The Morgan fingerprint density at radius 1 is 1.08 bits per heavy atom. The van der Waals surface area contributed by atoms with Crippen LogP contribution >= 0.6 is 11.6 Å². The summed E-state index contributed by atoms with van der Waals surface area (Å²) < 4.78 is 9.11. The highest BCUT2D eigenvalue weighted by atomic mass is 35.5. The van der Waals surface area contributed by atoms with Crippen LogP contribution < -0.4 is 0 Å². The van der Waals surface area contributed by atoms with Crippen LogP contribution in [0.4, 0.5) is 0 Å². The second kappa shape index (κ2) is 14.4. The predicted octanol–water partition coefficient (Wildman–Crippen LogP) is 1.04. The minimum atomic E-state index is -0.998. The highest BCUT2D eigenvalue weighted by molar-refractivity contribution is 6.18. The number of alkyl halides is 1. The van der Waals surface area contributed by atoms with Gasteiger partial charge in [-0.2, -0.15) is 0 Å². The van der Waals surface area contributed by atoms with Gasteiger partial charge in [0.25, 0.3) is 0 Å². The number of hydrogen-bond acceptors (Lipinski definition) is 7. The summed E-state index contributed by atoms with van der Waals surface area (Å²) in [6.07, 6.45) is 0.102. The summed E-state index contributed by atoms with van der Waals surface area (Å²) >= 11 is 5.29. The van der Waals surface area contributed by atoms with Crippen molar-refractivity contribution < 1.29 is 39.2 Å². The van der Waals surface area contributed by atoms with Gasteiger partial charge in [0.05, 0.1) is 6.10 Å². The van der Waals surface area contributed by atoms with E-state index in [0.29, 0.717) is 6.42 Å². The third-order valence-corrected chi connectivity index (χ3v) is 2.80. The molecule has 3 N–H and O–H groups in total. The van der Waals surface area contributed by atoms with Crippen LogP contribution in [0, 0.1) is 0 Å². The van der Waals surface area contributed by atoms with Crippen molar-refractivity contribution in [3.8, 4) is 0 Å². The van der Waals surface area contributed by atoms with Crippen molar-refractivity contribution in [1.29, 1.82) is 0 Å². The first kappa shape index (κ1) is 25.3. The van der Waals surface area contributed by atoms with Crippen molar-refractivity contribution in [3.05, 3.63) is 23.8 Å². The van der Waals surface area contributed by atoms with Crippen LogP contribution in [0.3, 0.4) is 0 Å². The molecule has 2 unspecified atom stereocenters. The zero-order chi connectivity index (χ0) is 20.0. The number of carboxylic acids is 1. The van der Waals surface area contributed by atoms with Gasteiger partial charge in [-0.3, -0.25) is 4.79 Å². The number of halogens is 1. The Balaban J connectivity index is 0. The first-order valence-electron chi connectivity index (χ1n) is 7.29. The monoisotopic (exact) mass is 380 g/mol. The summed E-state index contributed by atoms with van der Waals surface area (Å²) in [6, 6.07) is 0. The summed E-state index contributed by atoms with van der Waals surface area (Å²) in [6.45, 7) is 7.18. The van der Waals surface area contributed by atoms with Gasteiger partial charge in [0.15, 0.2) is 0 Å². The van der Waals surface area contributed by atoms with E-state index >= 15 is 0 Å². The van der Waals surface area contributed by atoms with Gasteiger partial charge in [-0.1, -0.05) is 12.7 Å². The number of ether oxygens (including phenoxy) is 2. The molecule has 8 nitrogen and oxygen atoms in total. The summed E-state index contributed by atoms with van der Waals surface area (Å²) in [4.78, 5) is 31.4. The molecule has 0 aliphatic heterocycles. The summed E-state index contributed by atoms with van der Waals surface area (Å²) in [5, 5.41) is 26.4. The molecule has 0 spiro atoms. The molecule has 0 saturated carbocycles. The molecule has 0 radical (unpaired) electrons. The molecule has 0 fully saturated rings. The van der Waals surface area contributed by atoms with Crippen molar-refractivity contribution in [2.45, 2.75) is 39.4 Å². The molecule has 144 valence electrons. The molecule has 9 heteroatoms. The molecule has 2 atom stereocenters. The molecule has 0 aromatic heterocycles. The quantitative estimate of drug-likeness (QED) is 0.307. The van der Waals surface area contributed by atoms with E-state index in [1.807, 2.05) is 0 Å². The van der Waals surface area contributed by atoms with Gasteiger partial charge in [-0.05, 0) is 20.3 Å². The number of carbonyl (C=O) groups is 3. The van der Waals surface area contributed by atoms with E-state index in [0.717, 1.165) is 0 Å². The van der Waals surface area contributed by atoms with E-state index in [2.05, 4.69) is 16.1 Å². The van der Waals surface area contributed by atoms with Crippen LogP contribution in [0.25, 0.3) is 0 Å². The van der Waals surface area contributed by atoms with E-state index in [1.54, 1.807) is 0 Å². The van der Waals surface area contributed by atoms with Crippen LogP contribution in [0.15, 0.2) is 23.8 Å². The van der Waals surface area contributed by atoms with Gasteiger partial charge in [-0.25, -0.2) is 9.59 Å². The highest BCUT2D eigenvalue weighted by Gasteiger charge is 2.10. The number of carbonyl (C=O) groups excluding carboxylic acids is 2. The van der Waals surface area contributed by atoms with Crippen molar-refractivity contribution >= 4 is 29.5 Å². The topological polar surface area (TPSA) is 130 Å². The Morgan fingerprint density at radius 3 is 2.00 bits per heavy atom. The lowest BCUT2D eigenvalue weighted by atomic mass is 10.2. The lowest BCUT2D eigenvalue weighted by Gasteiger charge is -2.10. The smallest absolute Gasteiger partial charge is 0.333 e. The van der Waals surface area contributed by atoms with Gasteiger partial charge in [0.2, 0.25) is 0 Å². The van der Waals surface area contributed by atoms with Gasteiger partial charge >= 0.3 is 17.9 Å². The average Bonchev–Trinajstić information content (AvgIpc) is 2.55. The van der Waals surface area contributed by atoms with E-state index in [-0.39, 0.29) is 30.2 Å². The highest BCUT2D eigenvalue weighted by Crippen LogP contribution is 2.00. The van der Waals surface area contributed by atoms with E-state index < -0.39 is 30.1 Å². The molecule has 0 aromatic rings. The minimum Gasteiger partial charge on any atom is -0.478 e. The summed E-state index contributed by atoms with van der Waals surface area (Å²) in [5.41, 5.74) is 0.485. The lowest BCUT2D eigenvalue weighted by molar-refractivity contribution is -0.148. The normalized spacial score (nSPS) is 13.0. The Labute approximate surface area is 151 Å². The standard InChI is InChI=1S/C9H14O5.C7H11ClO3/c1-6(2)9(12)14-5-8(11)4-13-7(3)10;1-5(7(10)11)2-3-6(9)4-8/h8,11H,1,4-5H2,2-3H3;2,6,9H,3-4H2,1H3,(H,10,11). The van der Waals surface area contributed by atoms with Crippen LogP contribution in [0.5, 0.6) is 0 Å². The maximum absolute atomic E-state index is 10.8. The number of aliphatic hydroxyl groups excluding tert-OH is 2. The van der Waals surface area contributed by atoms with Gasteiger partial charge in [0.1, 0.15) is 19.3 Å². The Bertz CT molecular complexity index is 487. The SMILES string of the molecule is C=C(C)C(=O)OCC(O)COC(C)=O.CC(=CCC(O)CCl)C(=O)O. The largest absolute Gasteiger partial charge is 0.478 e. The van der Waals surface area contributed by atoms with Crippen molar-refractivity contribution in [1.82, 2.24) is 0 Å². The third-order valence-electron chi connectivity index (χ3n) is 2.45. The molecule has 0 amide bonds. The molecule has 0 heterocycles. The molecular weight excluding hydrogens is 356 g/mol. The second-order valence-corrected chi connectivity index (χ2v) is 5.38. The first-order valence-corrected chi connectivity index (χ1v) is 7.82. The average molecular weight is 381 g/mol. The van der Waals surface area contributed by atoms with Crippen LogP contribution in [0.2, 0.25) is 0 Å². The van der Waals surface area contributed by atoms with Crippen molar-refractivity contribution in [2.24, 2.45) is 0 Å². The molecule has 0 saturated heterocycles. The second-order valence-electron chi connectivity index (χ2n) is 5.07. The van der Waals surface area contributed by atoms with E-state index in [4.69, 9.17) is 26.9 Å². The van der Waals surface area contributed by atoms with Gasteiger partial charge in [0, 0.05) is 23.9 Å². The van der Waals surface area contributed by atoms with Crippen LogP contribution in [0.1, 0.15) is 27.2 Å². The maximum atomic E-state index is 10.8. The predicted molar refractivity (Wildman–Crippen MR) is 91.1 cm³/mol. The molecule has 0 bridgehead atoms. The number of aliphatic hydroxyl groups is 2. The van der Waals surface area contributed by atoms with Gasteiger partial charge in [-0.15, -0.1) is 11.6 Å². The number of esters is 2. The van der Waals surface area contributed by atoms with Gasteiger partial charge < -0.3 is 24.8 Å². The summed E-state index contributed by atoms with van der Waals surface area (Å²) in [7, 11) is 0. The number of hydrogen-bond donors (Lipinski definition) is 3. The third kappa shape index (κ3) is 16.7. The molecular formula is C16H25ClO8. The molecule has 0 aromatic carbocycles. The fourth-order valence-corrected chi connectivity index (χ4v) is 1.15. The Morgan fingerprint density at radius 2 is 1.60 bits per heavy atom. The molecule has 25 heavy (non-hydrogen) atoms. The Hall–Kier alpha value is -1.90. The zero-order valence-electron chi connectivity index (χ0n) is 14.5. The molecule has 0 aliphatic rings. The van der Waals surface area contributed by atoms with E-state index in [9.17, 15) is 14.4 Å². The minimum absolute atomic E-state index is 0.128. The molecule has 0 rings (SSSR count). The molecule has 0 aliphatic carbocycles. The fourth-order valence-electron chi connectivity index (χ4n) is 1.02. The number of rotatable bonds is 9.